The van der Waals surface area contributed by atoms with E-state index in [0.29, 0.717) is 45.6 Å². The van der Waals surface area contributed by atoms with Crippen molar-refractivity contribution in [3.05, 3.63) is 85.9 Å². The summed E-state index contributed by atoms with van der Waals surface area (Å²) < 4.78 is 5.87. The van der Waals surface area contributed by atoms with Crippen molar-refractivity contribution < 1.29 is 14.8 Å². The predicted octanol–water partition coefficient (Wildman–Crippen LogP) is 6.42. The fraction of sp³-hybridized carbons (Fsp3) is 0.143. The van der Waals surface area contributed by atoms with E-state index in [2.05, 4.69) is 5.32 Å². The van der Waals surface area contributed by atoms with Gasteiger partial charge < -0.3 is 15.2 Å². The number of aliphatic hydroxyl groups excluding tert-OH is 1. The molecule has 1 heterocycles. The maximum absolute atomic E-state index is 11.0. The van der Waals surface area contributed by atoms with E-state index in [1.54, 1.807) is 24.3 Å². The van der Waals surface area contributed by atoms with Crippen molar-refractivity contribution in [2.75, 3.05) is 5.32 Å². The van der Waals surface area contributed by atoms with Gasteiger partial charge in [0, 0.05) is 6.07 Å². The van der Waals surface area contributed by atoms with Crippen LogP contribution in [0.5, 0.6) is 11.5 Å². The van der Waals surface area contributed by atoms with Crippen LogP contribution in [-0.4, -0.2) is 10.0 Å². The molecule has 0 bridgehead atoms. The highest BCUT2D eigenvalue weighted by Gasteiger charge is 2.20. The SMILES string of the molecule is O=[N+]([O-])c1ccc2c(c1)Oc1cc(CCC(O)c3ccc(Cl)c(Cl)c3)ccc1N2. The first kappa shape index (κ1) is 19.5. The van der Waals surface area contributed by atoms with Crippen LogP contribution in [0.25, 0.3) is 0 Å². The molecule has 4 rings (SSSR count). The minimum atomic E-state index is -0.678. The third kappa shape index (κ3) is 4.15. The number of aryl methyl sites for hydroxylation is 1. The van der Waals surface area contributed by atoms with Gasteiger partial charge in [-0.1, -0.05) is 35.3 Å². The number of rotatable bonds is 5. The van der Waals surface area contributed by atoms with Crippen LogP contribution in [0, 0.1) is 10.1 Å². The Hall–Kier alpha value is -2.80. The maximum Gasteiger partial charge on any atom is 0.273 e. The second kappa shape index (κ2) is 7.91. The summed E-state index contributed by atoms with van der Waals surface area (Å²) in [6.45, 7) is 0. The fourth-order valence-corrected chi connectivity index (χ4v) is 3.48. The quantitative estimate of drug-likeness (QED) is 0.282. The van der Waals surface area contributed by atoms with Gasteiger partial charge in [0.2, 0.25) is 0 Å². The zero-order valence-electron chi connectivity index (χ0n) is 15.1. The molecule has 0 spiro atoms. The summed E-state index contributed by atoms with van der Waals surface area (Å²) in [7, 11) is 0. The monoisotopic (exact) mass is 430 g/mol. The van der Waals surface area contributed by atoms with E-state index in [1.165, 1.54) is 12.1 Å². The topological polar surface area (TPSA) is 84.6 Å². The number of aliphatic hydroxyl groups is 1. The summed E-state index contributed by atoms with van der Waals surface area (Å²) in [5.41, 5.74) is 3.09. The highest BCUT2D eigenvalue weighted by atomic mass is 35.5. The molecule has 1 unspecified atom stereocenters. The molecule has 3 aromatic carbocycles. The Kier molecular flexibility index (Phi) is 5.32. The van der Waals surface area contributed by atoms with E-state index >= 15 is 0 Å². The molecule has 0 fully saturated rings. The number of nitrogens with zero attached hydrogens (tertiary/aromatic N) is 1. The molecule has 0 saturated heterocycles. The molecule has 0 radical (unpaired) electrons. The molecule has 1 aliphatic heterocycles. The second-order valence-electron chi connectivity index (χ2n) is 6.72. The summed E-state index contributed by atoms with van der Waals surface area (Å²) in [6.07, 6.45) is 0.426. The van der Waals surface area contributed by atoms with Crippen LogP contribution in [0.2, 0.25) is 10.0 Å². The Morgan fingerprint density at radius 1 is 1.00 bits per heavy atom. The number of halogens is 2. The minimum absolute atomic E-state index is 0.0325. The molecular weight excluding hydrogens is 415 g/mol. The number of fused-ring (bicyclic) bond motifs is 2. The summed E-state index contributed by atoms with van der Waals surface area (Å²) in [6, 6.07) is 15.2. The lowest BCUT2D eigenvalue weighted by molar-refractivity contribution is -0.384. The molecular formula is C21H16Cl2N2O4. The lowest BCUT2D eigenvalue weighted by Gasteiger charge is -2.22. The van der Waals surface area contributed by atoms with Gasteiger partial charge in [0.15, 0.2) is 11.5 Å². The first-order valence-electron chi connectivity index (χ1n) is 8.90. The number of non-ortho nitro benzene ring substituents is 1. The first-order valence-corrected chi connectivity index (χ1v) is 9.65. The molecule has 1 aliphatic rings. The molecule has 1 atom stereocenters. The van der Waals surface area contributed by atoms with E-state index in [1.807, 2.05) is 18.2 Å². The first-order chi connectivity index (χ1) is 13.9. The van der Waals surface area contributed by atoms with E-state index < -0.39 is 11.0 Å². The number of hydrogen-bond donors (Lipinski definition) is 2. The summed E-state index contributed by atoms with van der Waals surface area (Å²) in [4.78, 5) is 10.5. The number of hydrogen-bond acceptors (Lipinski definition) is 5. The lowest BCUT2D eigenvalue weighted by atomic mass is 10.0. The van der Waals surface area contributed by atoms with E-state index in [0.717, 1.165) is 11.3 Å². The average Bonchev–Trinajstić information content (AvgIpc) is 2.71. The number of benzene rings is 3. The van der Waals surface area contributed by atoms with Crippen LogP contribution in [0.1, 0.15) is 23.7 Å². The van der Waals surface area contributed by atoms with Crippen molar-refractivity contribution in [1.29, 1.82) is 0 Å². The third-order valence-electron chi connectivity index (χ3n) is 4.75. The Labute approximate surface area is 176 Å². The molecule has 29 heavy (non-hydrogen) atoms. The van der Waals surface area contributed by atoms with Gasteiger partial charge in [-0.2, -0.15) is 0 Å². The maximum atomic E-state index is 11.0. The van der Waals surface area contributed by atoms with Gasteiger partial charge in [0.05, 0.1) is 38.5 Å². The van der Waals surface area contributed by atoms with Crippen molar-refractivity contribution in [3.63, 3.8) is 0 Å². The van der Waals surface area contributed by atoms with Crippen molar-refractivity contribution in [3.8, 4) is 11.5 Å². The van der Waals surface area contributed by atoms with Crippen molar-refractivity contribution in [2.24, 2.45) is 0 Å². The second-order valence-corrected chi connectivity index (χ2v) is 7.54. The predicted molar refractivity (Wildman–Crippen MR) is 113 cm³/mol. The third-order valence-corrected chi connectivity index (χ3v) is 5.49. The van der Waals surface area contributed by atoms with Crippen molar-refractivity contribution >= 4 is 40.3 Å². The molecule has 0 saturated carbocycles. The standard InChI is InChI=1S/C21H16Cl2N2O4/c22-15-5-3-13(10-16(15)23)19(26)8-2-12-1-6-17-20(9-12)29-21-11-14(25(27)28)4-7-18(21)24-17/h1,3-7,9-11,19,24,26H,2,8H2. The van der Waals surface area contributed by atoms with Crippen LogP contribution in [0.3, 0.4) is 0 Å². The Balaban J connectivity index is 1.48. The number of ether oxygens (including phenoxy) is 1. The molecule has 0 aliphatic carbocycles. The number of anilines is 2. The van der Waals surface area contributed by atoms with E-state index in [9.17, 15) is 15.2 Å². The Bertz CT molecular complexity index is 1100. The Morgan fingerprint density at radius 3 is 2.45 bits per heavy atom. The minimum Gasteiger partial charge on any atom is -0.453 e. The molecule has 3 aromatic rings. The van der Waals surface area contributed by atoms with Gasteiger partial charge in [-0.25, -0.2) is 0 Å². The van der Waals surface area contributed by atoms with Gasteiger partial charge in [-0.05, 0) is 54.3 Å². The molecule has 2 N–H and O–H groups in total. The van der Waals surface area contributed by atoms with Crippen LogP contribution >= 0.6 is 23.2 Å². The lowest BCUT2D eigenvalue weighted by Crippen LogP contribution is -2.05. The molecule has 6 nitrogen and oxygen atoms in total. The molecule has 0 amide bonds. The van der Waals surface area contributed by atoms with E-state index in [-0.39, 0.29) is 5.69 Å². The van der Waals surface area contributed by atoms with Gasteiger partial charge in [-0.15, -0.1) is 0 Å². The number of nitro groups is 1. The highest BCUT2D eigenvalue weighted by Crippen LogP contribution is 2.43. The zero-order valence-corrected chi connectivity index (χ0v) is 16.6. The average molecular weight is 431 g/mol. The van der Waals surface area contributed by atoms with Gasteiger partial charge in [0.1, 0.15) is 0 Å². The Morgan fingerprint density at radius 2 is 1.72 bits per heavy atom. The van der Waals surface area contributed by atoms with Crippen LogP contribution in [0.15, 0.2) is 54.6 Å². The summed E-state index contributed by atoms with van der Waals surface area (Å²) >= 11 is 11.9. The van der Waals surface area contributed by atoms with E-state index in [4.69, 9.17) is 27.9 Å². The summed E-state index contributed by atoms with van der Waals surface area (Å²) in [5, 5.41) is 25.5. The zero-order chi connectivity index (χ0) is 20.5. The van der Waals surface area contributed by atoms with Crippen LogP contribution < -0.4 is 10.1 Å². The van der Waals surface area contributed by atoms with Crippen molar-refractivity contribution in [1.82, 2.24) is 0 Å². The van der Waals surface area contributed by atoms with Gasteiger partial charge in [0.25, 0.3) is 5.69 Å². The van der Waals surface area contributed by atoms with Crippen LogP contribution in [0.4, 0.5) is 17.1 Å². The van der Waals surface area contributed by atoms with Crippen molar-refractivity contribution in [2.45, 2.75) is 18.9 Å². The highest BCUT2D eigenvalue weighted by molar-refractivity contribution is 6.42. The molecule has 8 heteroatoms. The van der Waals surface area contributed by atoms with Gasteiger partial charge in [-0.3, -0.25) is 10.1 Å². The van der Waals surface area contributed by atoms with Crippen LogP contribution in [-0.2, 0) is 6.42 Å². The smallest absolute Gasteiger partial charge is 0.273 e. The largest absolute Gasteiger partial charge is 0.453 e. The van der Waals surface area contributed by atoms with Gasteiger partial charge >= 0.3 is 0 Å². The normalized spacial score (nSPS) is 12.9. The summed E-state index contributed by atoms with van der Waals surface area (Å²) in [5.74, 6) is 0.985. The number of nitro benzene ring substituents is 1. The molecule has 148 valence electrons. The number of nitrogens with one attached hydrogen (secondary N) is 1. The fourth-order valence-electron chi connectivity index (χ4n) is 3.18. The molecule has 0 aromatic heterocycles.